The molecular formula is C15H16O4. The van der Waals surface area contributed by atoms with Crippen molar-refractivity contribution >= 4 is 17.5 Å². The van der Waals surface area contributed by atoms with Gasteiger partial charge in [-0.1, -0.05) is 24.3 Å². The molecule has 0 bridgehead atoms. The fourth-order valence-electron chi connectivity index (χ4n) is 2.70. The Morgan fingerprint density at radius 1 is 1.32 bits per heavy atom. The summed E-state index contributed by atoms with van der Waals surface area (Å²) >= 11 is 0. The van der Waals surface area contributed by atoms with Gasteiger partial charge in [-0.3, -0.25) is 9.59 Å². The first kappa shape index (κ1) is 13.5. The Morgan fingerprint density at radius 2 is 2.00 bits per heavy atom. The summed E-state index contributed by atoms with van der Waals surface area (Å²) in [5.74, 6) is -0.786. The summed E-state index contributed by atoms with van der Waals surface area (Å²) in [6.07, 6.45) is 0.600. The van der Waals surface area contributed by atoms with Crippen LogP contribution >= 0.6 is 0 Å². The number of esters is 1. The molecule has 1 aliphatic carbocycles. The lowest BCUT2D eigenvalue weighted by Crippen LogP contribution is -2.42. The van der Waals surface area contributed by atoms with Crippen molar-refractivity contribution in [3.8, 4) is 0 Å². The summed E-state index contributed by atoms with van der Waals surface area (Å²) in [5.41, 5.74) is 0.242. The van der Waals surface area contributed by atoms with E-state index in [9.17, 15) is 14.4 Å². The first-order chi connectivity index (χ1) is 9.02. The van der Waals surface area contributed by atoms with E-state index in [2.05, 4.69) is 0 Å². The van der Waals surface area contributed by atoms with E-state index in [1.54, 1.807) is 12.1 Å². The lowest BCUT2D eigenvalue weighted by molar-refractivity contribution is -0.151. The number of carbonyl (C=O) groups is 3. The summed E-state index contributed by atoms with van der Waals surface area (Å²) in [5, 5.41) is 0. The number of carbonyl (C=O) groups excluding carboxylic acids is 3. The molecule has 0 N–H and O–H groups in total. The summed E-state index contributed by atoms with van der Waals surface area (Å²) in [6.45, 7) is 1.45. The van der Waals surface area contributed by atoms with E-state index in [-0.39, 0.29) is 30.8 Å². The molecule has 1 aliphatic rings. The molecular weight excluding hydrogens is 244 g/mol. The second kappa shape index (κ2) is 4.96. The number of hydrogen-bond acceptors (Lipinski definition) is 4. The molecule has 1 unspecified atom stereocenters. The first-order valence-electron chi connectivity index (χ1n) is 6.22. The summed E-state index contributed by atoms with van der Waals surface area (Å²) in [6, 6.07) is 7.25. The topological polar surface area (TPSA) is 60.4 Å². The van der Waals surface area contributed by atoms with Crippen LogP contribution in [0.15, 0.2) is 24.3 Å². The van der Waals surface area contributed by atoms with Crippen molar-refractivity contribution in [1.29, 1.82) is 0 Å². The van der Waals surface area contributed by atoms with Gasteiger partial charge >= 0.3 is 5.97 Å². The predicted molar refractivity (Wildman–Crippen MR) is 68.8 cm³/mol. The van der Waals surface area contributed by atoms with Crippen LogP contribution in [0.4, 0.5) is 0 Å². The van der Waals surface area contributed by atoms with Crippen molar-refractivity contribution < 1.29 is 19.1 Å². The van der Waals surface area contributed by atoms with Gasteiger partial charge in [-0.2, -0.15) is 0 Å². The molecule has 0 heterocycles. The lowest BCUT2D eigenvalue weighted by Gasteiger charge is -2.25. The van der Waals surface area contributed by atoms with E-state index in [0.29, 0.717) is 5.56 Å². The Kier molecular flexibility index (Phi) is 3.51. The minimum atomic E-state index is -1.29. The highest BCUT2D eigenvalue weighted by Gasteiger charge is 2.52. The molecule has 0 saturated heterocycles. The van der Waals surface area contributed by atoms with Gasteiger partial charge in [-0.25, -0.2) is 0 Å². The van der Waals surface area contributed by atoms with Crippen LogP contribution in [0.25, 0.3) is 0 Å². The molecule has 0 aliphatic heterocycles. The Bertz CT molecular complexity index is 537. The van der Waals surface area contributed by atoms with Crippen molar-refractivity contribution in [2.24, 2.45) is 0 Å². The zero-order chi connectivity index (χ0) is 14.0. The van der Waals surface area contributed by atoms with E-state index in [0.717, 1.165) is 5.56 Å². The molecule has 19 heavy (non-hydrogen) atoms. The minimum absolute atomic E-state index is 0.0412. The van der Waals surface area contributed by atoms with Crippen LogP contribution in [-0.4, -0.2) is 24.6 Å². The molecule has 0 saturated carbocycles. The fourth-order valence-corrected chi connectivity index (χ4v) is 2.70. The third-order valence-corrected chi connectivity index (χ3v) is 3.69. The zero-order valence-electron chi connectivity index (χ0n) is 11.1. The van der Waals surface area contributed by atoms with Crippen molar-refractivity contribution in [3.05, 3.63) is 35.4 Å². The first-order valence-corrected chi connectivity index (χ1v) is 6.22. The minimum Gasteiger partial charge on any atom is -0.468 e. The van der Waals surface area contributed by atoms with E-state index < -0.39 is 11.4 Å². The van der Waals surface area contributed by atoms with Crippen molar-refractivity contribution in [3.63, 3.8) is 0 Å². The number of ketones is 2. The highest BCUT2D eigenvalue weighted by Crippen LogP contribution is 2.40. The highest BCUT2D eigenvalue weighted by molar-refractivity contribution is 6.13. The largest absolute Gasteiger partial charge is 0.468 e. The van der Waals surface area contributed by atoms with E-state index >= 15 is 0 Å². The van der Waals surface area contributed by atoms with Gasteiger partial charge in [-0.05, 0) is 24.5 Å². The third-order valence-electron chi connectivity index (χ3n) is 3.69. The Hall–Kier alpha value is -1.97. The van der Waals surface area contributed by atoms with Gasteiger partial charge in [0, 0.05) is 12.8 Å². The molecule has 0 fully saturated rings. The van der Waals surface area contributed by atoms with Crippen LogP contribution in [0.2, 0.25) is 0 Å². The lowest BCUT2D eigenvalue weighted by atomic mass is 9.76. The van der Waals surface area contributed by atoms with Crippen molar-refractivity contribution in [2.45, 2.75) is 31.6 Å². The highest BCUT2D eigenvalue weighted by atomic mass is 16.5. The molecule has 4 nitrogen and oxygen atoms in total. The number of rotatable bonds is 4. The SMILES string of the molecule is COC(=O)C1(CCC(C)=O)C(=O)Cc2ccccc21. The average Bonchev–Trinajstić information content (AvgIpc) is 2.68. The fraction of sp³-hybridized carbons (Fsp3) is 0.400. The van der Waals surface area contributed by atoms with Crippen LogP contribution in [0.5, 0.6) is 0 Å². The van der Waals surface area contributed by atoms with Gasteiger partial charge in [0.2, 0.25) is 0 Å². The molecule has 100 valence electrons. The van der Waals surface area contributed by atoms with Crippen LogP contribution in [-0.2, 0) is 31.0 Å². The van der Waals surface area contributed by atoms with Crippen molar-refractivity contribution in [2.75, 3.05) is 7.11 Å². The maximum atomic E-state index is 12.4. The molecule has 4 heteroatoms. The summed E-state index contributed by atoms with van der Waals surface area (Å²) < 4.78 is 4.83. The molecule has 1 aromatic rings. The predicted octanol–water partition coefficient (Wildman–Crippen LogP) is 1.59. The second-order valence-electron chi connectivity index (χ2n) is 4.86. The maximum absolute atomic E-state index is 12.4. The van der Waals surface area contributed by atoms with Gasteiger partial charge < -0.3 is 9.53 Å². The van der Waals surface area contributed by atoms with Crippen molar-refractivity contribution in [1.82, 2.24) is 0 Å². The monoisotopic (exact) mass is 260 g/mol. The Balaban J connectivity index is 2.51. The van der Waals surface area contributed by atoms with E-state index in [4.69, 9.17) is 4.74 Å². The molecule has 0 aromatic heterocycles. The van der Waals surface area contributed by atoms with Gasteiger partial charge in [0.05, 0.1) is 7.11 Å². The quantitative estimate of drug-likeness (QED) is 0.609. The molecule has 0 spiro atoms. The number of Topliss-reactive ketones (excluding diaryl/α,β-unsaturated/α-hetero) is 2. The Labute approximate surface area is 111 Å². The normalized spacial score (nSPS) is 21.1. The van der Waals surface area contributed by atoms with Crippen LogP contribution in [0.3, 0.4) is 0 Å². The molecule has 2 rings (SSSR count). The smallest absolute Gasteiger partial charge is 0.323 e. The van der Waals surface area contributed by atoms with Crippen LogP contribution < -0.4 is 0 Å². The van der Waals surface area contributed by atoms with E-state index in [1.807, 2.05) is 12.1 Å². The summed E-state index contributed by atoms with van der Waals surface area (Å²) in [4.78, 5) is 35.7. The average molecular weight is 260 g/mol. The number of methoxy groups -OCH3 is 1. The molecule has 1 atom stereocenters. The van der Waals surface area contributed by atoms with Crippen LogP contribution in [0, 0.1) is 0 Å². The zero-order valence-corrected chi connectivity index (χ0v) is 11.1. The number of benzene rings is 1. The van der Waals surface area contributed by atoms with Gasteiger partial charge in [0.25, 0.3) is 0 Å². The maximum Gasteiger partial charge on any atom is 0.323 e. The van der Waals surface area contributed by atoms with Gasteiger partial charge in [0.1, 0.15) is 5.78 Å². The second-order valence-corrected chi connectivity index (χ2v) is 4.86. The summed E-state index contributed by atoms with van der Waals surface area (Å²) in [7, 11) is 1.27. The Morgan fingerprint density at radius 3 is 2.63 bits per heavy atom. The van der Waals surface area contributed by atoms with Gasteiger partial charge in [0.15, 0.2) is 11.2 Å². The van der Waals surface area contributed by atoms with Gasteiger partial charge in [-0.15, -0.1) is 0 Å². The molecule has 0 radical (unpaired) electrons. The van der Waals surface area contributed by atoms with E-state index in [1.165, 1.54) is 14.0 Å². The third kappa shape index (κ3) is 2.07. The number of hydrogen-bond donors (Lipinski definition) is 0. The van der Waals surface area contributed by atoms with Crippen LogP contribution in [0.1, 0.15) is 30.9 Å². The number of ether oxygens (including phenoxy) is 1. The standard InChI is InChI=1S/C15H16O4/c1-10(16)7-8-15(14(18)19-2)12-6-4-3-5-11(12)9-13(15)17/h3-6H,7-9H2,1-2H3. The molecule has 0 amide bonds. The number of fused-ring (bicyclic) bond motifs is 1. The molecule has 1 aromatic carbocycles.